The molecule has 0 fully saturated rings. The molecule has 1 aromatic carbocycles. The van der Waals surface area contributed by atoms with Crippen molar-refractivity contribution in [2.75, 3.05) is 7.11 Å². The lowest BCUT2D eigenvalue weighted by molar-refractivity contribution is -0.145. The maximum absolute atomic E-state index is 12.6. The smallest absolute Gasteiger partial charge is 0.328 e. The van der Waals surface area contributed by atoms with Crippen molar-refractivity contribution in [3.05, 3.63) is 35.4 Å². The Morgan fingerprint density at radius 3 is 2.24 bits per heavy atom. The number of amides is 2. The van der Waals surface area contributed by atoms with E-state index in [1.54, 1.807) is 0 Å². The van der Waals surface area contributed by atoms with Gasteiger partial charge in [-0.3, -0.25) is 9.59 Å². The molecule has 1 aromatic rings. The molecule has 0 spiro atoms. The van der Waals surface area contributed by atoms with Crippen molar-refractivity contribution >= 4 is 17.8 Å². The summed E-state index contributed by atoms with van der Waals surface area (Å²) in [5, 5.41) is 5.37. The Bertz CT molecular complexity index is 613. The van der Waals surface area contributed by atoms with E-state index in [1.165, 1.54) is 14.0 Å². The lowest BCUT2D eigenvalue weighted by atomic mass is 9.99. The van der Waals surface area contributed by atoms with Crippen LogP contribution in [0.3, 0.4) is 0 Å². The van der Waals surface area contributed by atoms with Crippen LogP contribution in [-0.2, 0) is 25.5 Å². The summed E-state index contributed by atoms with van der Waals surface area (Å²) in [5.74, 6) is -0.958. The summed E-state index contributed by atoms with van der Waals surface area (Å²) in [4.78, 5) is 36.1. The normalized spacial score (nSPS) is 13.0. The van der Waals surface area contributed by atoms with E-state index < -0.39 is 18.1 Å². The first-order chi connectivity index (χ1) is 11.7. The van der Waals surface area contributed by atoms with Crippen LogP contribution in [0.15, 0.2) is 24.3 Å². The summed E-state index contributed by atoms with van der Waals surface area (Å²) in [6.45, 7) is 7.25. The molecule has 0 radical (unpaired) electrons. The van der Waals surface area contributed by atoms with Gasteiger partial charge in [-0.25, -0.2) is 4.79 Å². The van der Waals surface area contributed by atoms with Gasteiger partial charge in [0.1, 0.15) is 12.1 Å². The van der Waals surface area contributed by atoms with E-state index in [1.807, 2.05) is 45.0 Å². The van der Waals surface area contributed by atoms with Crippen LogP contribution in [0.4, 0.5) is 0 Å². The zero-order valence-corrected chi connectivity index (χ0v) is 15.6. The molecule has 0 bridgehead atoms. The van der Waals surface area contributed by atoms with Crippen LogP contribution in [0.5, 0.6) is 0 Å². The summed E-state index contributed by atoms with van der Waals surface area (Å²) in [7, 11) is 1.29. The molecule has 2 atom stereocenters. The third kappa shape index (κ3) is 6.95. The quantitative estimate of drug-likeness (QED) is 0.701. The first-order valence-corrected chi connectivity index (χ1v) is 8.44. The molecule has 0 heterocycles. The SMILES string of the molecule is COC(=O)[C@H](Cc1ccccc1C)NC(=O)[C@H](CC(C)C)NC(C)=O. The Labute approximate surface area is 149 Å². The van der Waals surface area contributed by atoms with Gasteiger partial charge in [0.05, 0.1) is 7.11 Å². The van der Waals surface area contributed by atoms with Gasteiger partial charge in [0, 0.05) is 13.3 Å². The van der Waals surface area contributed by atoms with Crippen LogP contribution >= 0.6 is 0 Å². The number of hydrogen-bond donors (Lipinski definition) is 2. The fourth-order valence-electron chi connectivity index (χ4n) is 2.62. The predicted molar refractivity (Wildman–Crippen MR) is 95.9 cm³/mol. The van der Waals surface area contributed by atoms with E-state index in [0.29, 0.717) is 12.8 Å². The van der Waals surface area contributed by atoms with E-state index >= 15 is 0 Å². The lowest BCUT2D eigenvalue weighted by Crippen LogP contribution is -2.52. The Hall–Kier alpha value is -2.37. The van der Waals surface area contributed by atoms with E-state index in [0.717, 1.165) is 11.1 Å². The first-order valence-electron chi connectivity index (χ1n) is 8.44. The van der Waals surface area contributed by atoms with Crippen molar-refractivity contribution < 1.29 is 19.1 Å². The van der Waals surface area contributed by atoms with Gasteiger partial charge in [0.15, 0.2) is 0 Å². The number of carbonyl (C=O) groups is 3. The fourth-order valence-corrected chi connectivity index (χ4v) is 2.62. The number of rotatable bonds is 8. The molecule has 6 nitrogen and oxygen atoms in total. The van der Waals surface area contributed by atoms with Gasteiger partial charge < -0.3 is 15.4 Å². The standard InChI is InChI=1S/C19H28N2O4/c1-12(2)10-16(20-14(4)22)18(23)21-17(19(24)25-5)11-15-9-7-6-8-13(15)3/h6-9,12,16-17H,10-11H2,1-5H3,(H,20,22)(H,21,23)/t16-,17-/m0/s1. The van der Waals surface area contributed by atoms with E-state index in [9.17, 15) is 14.4 Å². The molecule has 0 aliphatic rings. The third-order valence-corrected chi connectivity index (χ3v) is 3.89. The highest BCUT2D eigenvalue weighted by Crippen LogP contribution is 2.12. The number of methoxy groups -OCH3 is 1. The summed E-state index contributed by atoms with van der Waals surface area (Å²) >= 11 is 0. The number of nitrogens with one attached hydrogen (secondary N) is 2. The molecule has 0 unspecified atom stereocenters. The summed E-state index contributed by atoms with van der Waals surface area (Å²) in [6.07, 6.45) is 0.823. The number of benzene rings is 1. The van der Waals surface area contributed by atoms with Gasteiger partial charge in [0.2, 0.25) is 11.8 Å². The van der Waals surface area contributed by atoms with Crippen LogP contribution in [0.2, 0.25) is 0 Å². The van der Waals surface area contributed by atoms with Crippen LogP contribution in [0, 0.1) is 12.8 Å². The second kappa shape index (κ2) is 9.81. The van der Waals surface area contributed by atoms with Crippen molar-refractivity contribution in [1.29, 1.82) is 0 Å². The molecular formula is C19H28N2O4. The van der Waals surface area contributed by atoms with Gasteiger partial charge in [-0.2, -0.15) is 0 Å². The Balaban J connectivity index is 2.92. The van der Waals surface area contributed by atoms with E-state index in [2.05, 4.69) is 10.6 Å². The Morgan fingerprint density at radius 1 is 1.08 bits per heavy atom. The van der Waals surface area contributed by atoms with Crippen molar-refractivity contribution in [2.45, 2.75) is 52.6 Å². The number of esters is 1. The highest BCUT2D eigenvalue weighted by atomic mass is 16.5. The molecule has 2 N–H and O–H groups in total. The lowest BCUT2D eigenvalue weighted by Gasteiger charge is -2.23. The molecule has 0 saturated heterocycles. The topological polar surface area (TPSA) is 84.5 Å². The van der Waals surface area contributed by atoms with Gasteiger partial charge >= 0.3 is 5.97 Å². The Morgan fingerprint density at radius 2 is 1.72 bits per heavy atom. The molecule has 6 heteroatoms. The van der Waals surface area contributed by atoms with Crippen LogP contribution < -0.4 is 10.6 Å². The monoisotopic (exact) mass is 348 g/mol. The van der Waals surface area contributed by atoms with Gasteiger partial charge in [-0.05, 0) is 30.4 Å². The molecule has 0 aliphatic heterocycles. The highest BCUT2D eigenvalue weighted by Gasteiger charge is 2.27. The summed E-state index contributed by atoms with van der Waals surface area (Å²) in [6, 6.07) is 6.18. The molecule has 2 amide bonds. The van der Waals surface area contributed by atoms with Crippen molar-refractivity contribution in [3.8, 4) is 0 Å². The van der Waals surface area contributed by atoms with Gasteiger partial charge in [0.25, 0.3) is 0 Å². The minimum absolute atomic E-state index is 0.218. The second-order valence-electron chi connectivity index (χ2n) is 6.60. The molecule has 25 heavy (non-hydrogen) atoms. The molecule has 1 rings (SSSR count). The number of ether oxygens (including phenoxy) is 1. The largest absolute Gasteiger partial charge is 0.467 e. The number of hydrogen-bond acceptors (Lipinski definition) is 4. The average Bonchev–Trinajstić information content (AvgIpc) is 2.53. The van der Waals surface area contributed by atoms with Crippen molar-refractivity contribution in [1.82, 2.24) is 10.6 Å². The van der Waals surface area contributed by atoms with Crippen LogP contribution in [0.25, 0.3) is 0 Å². The maximum atomic E-state index is 12.6. The van der Waals surface area contributed by atoms with E-state index in [-0.39, 0.29) is 17.7 Å². The zero-order chi connectivity index (χ0) is 19.0. The second-order valence-corrected chi connectivity index (χ2v) is 6.60. The van der Waals surface area contributed by atoms with Crippen molar-refractivity contribution in [3.63, 3.8) is 0 Å². The van der Waals surface area contributed by atoms with Gasteiger partial charge in [-0.1, -0.05) is 38.1 Å². The maximum Gasteiger partial charge on any atom is 0.328 e. The van der Waals surface area contributed by atoms with Crippen molar-refractivity contribution in [2.24, 2.45) is 5.92 Å². The van der Waals surface area contributed by atoms with Crippen LogP contribution in [-0.4, -0.2) is 37.0 Å². The minimum atomic E-state index is -0.804. The molecule has 0 aromatic heterocycles. The Kier molecular flexibility index (Phi) is 8.11. The fraction of sp³-hybridized carbons (Fsp3) is 0.526. The zero-order valence-electron chi connectivity index (χ0n) is 15.6. The van der Waals surface area contributed by atoms with E-state index in [4.69, 9.17) is 4.74 Å². The van der Waals surface area contributed by atoms with Crippen LogP contribution in [0.1, 0.15) is 38.3 Å². The third-order valence-electron chi connectivity index (χ3n) is 3.89. The molecule has 0 saturated carbocycles. The molecule has 0 aliphatic carbocycles. The minimum Gasteiger partial charge on any atom is -0.467 e. The number of aryl methyl sites for hydroxylation is 1. The molecule has 138 valence electrons. The molecular weight excluding hydrogens is 320 g/mol. The summed E-state index contributed by atoms with van der Waals surface area (Å²) in [5.41, 5.74) is 1.99. The highest BCUT2D eigenvalue weighted by molar-refractivity contribution is 5.90. The average molecular weight is 348 g/mol. The number of carbonyl (C=O) groups excluding carboxylic acids is 3. The predicted octanol–water partition coefficient (Wildman–Crippen LogP) is 1.75. The first kappa shape index (κ1) is 20.7. The summed E-state index contributed by atoms with van der Waals surface area (Å²) < 4.78 is 4.83. The van der Waals surface area contributed by atoms with Gasteiger partial charge in [-0.15, -0.1) is 0 Å².